The summed E-state index contributed by atoms with van der Waals surface area (Å²) in [7, 11) is 0. The third-order valence-electron chi connectivity index (χ3n) is 5.51. The summed E-state index contributed by atoms with van der Waals surface area (Å²) in [6.07, 6.45) is 2.99. The fraction of sp³-hybridized carbons (Fsp3) is 0.350. The summed E-state index contributed by atoms with van der Waals surface area (Å²) in [5, 5.41) is 4.69. The molecule has 0 bridgehead atoms. The molecule has 3 aromatic heterocycles. The van der Waals surface area contributed by atoms with E-state index < -0.39 is 5.54 Å². The number of fused-ring (bicyclic) bond motifs is 1. The number of nitrogens with zero attached hydrogens (tertiary/aromatic N) is 6. The molecule has 0 spiro atoms. The Morgan fingerprint density at radius 1 is 1.30 bits per heavy atom. The SMILES string of the molecule is CC(=O)N1CC(C)N(c2cc(-c3cc(Cl)c4c(N)ncnn34)ccn2)C(=O)C1(C)C. The molecule has 3 aromatic rings. The predicted molar refractivity (Wildman–Crippen MR) is 114 cm³/mol. The van der Waals surface area contributed by atoms with Gasteiger partial charge in [-0.25, -0.2) is 14.5 Å². The van der Waals surface area contributed by atoms with Gasteiger partial charge >= 0.3 is 0 Å². The van der Waals surface area contributed by atoms with Gasteiger partial charge in [-0.3, -0.25) is 14.5 Å². The summed E-state index contributed by atoms with van der Waals surface area (Å²) < 4.78 is 1.62. The van der Waals surface area contributed by atoms with Gasteiger partial charge in [0, 0.05) is 25.2 Å². The molecule has 1 saturated heterocycles. The van der Waals surface area contributed by atoms with Gasteiger partial charge in [0.15, 0.2) is 5.82 Å². The number of carbonyl (C=O) groups excluding carboxylic acids is 2. The van der Waals surface area contributed by atoms with Crippen LogP contribution in [0.3, 0.4) is 0 Å². The number of aromatic nitrogens is 4. The molecule has 2 amide bonds. The monoisotopic (exact) mass is 427 g/mol. The van der Waals surface area contributed by atoms with Crippen LogP contribution in [0.5, 0.6) is 0 Å². The second-order valence-electron chi connectivity index (χ2n) is 7.90. The maximum atomic E-state index is 13.3. The average molecular weight is 428 g/mol. The molecule has 30 heavy (non-hydrogen) atoms. The van der Waals surface area contributed by atoms with Gasteiger partial charge in [-0.05, 0) is 39.0 Å². The van der Waals surface area contributed by atoms with Crippen LogP contribution in [0.25, 0.3) is 16.8 Å². The number of anilines is 2. The number of hydrogen-bond donors (Lipinski definition) is 1. The lowest BCUT2D eigenvalue weighted by Crippen LogP contribution is -2.67. The minimum Gasteiger partial charge on any atom is -0.382 e. The van der Waals surface area contributed by atoms with Crippen molar-refractivity contribution in [2.24, 2.45) is 0 Å². The third-order valence-corrected chi connectivity index (χ3v) is 5.80. The first-order valence-electron chi connectivity index (χ1n) is 9.49. The Bertz CT molecular complexity index is 1170. The molecule has 1 unspecified atom stereocenters. The predicted octanol–water partition coefficient (Wildman–Crippen LogP) is 2.39. The van der Waals surface area contributed by atoms with Crippen LogP contribution in [-0.2, 0) is 9.59 Å². The maximum absolute atomic E-state index is 13.3. The maximum Gasteiger partial charge on any atom is 0.253 e. The van der Waals surface area contributed by atoms with E-state index >= 15 is 0 Å². The van der Waals surface area contributed by atoms with E-state index in [0.29, 0.717) is 28.6 Å². The molecular formula is C20H22ClN7O2. The van der Waals surface area contributed by atoms with Gasteiger partial charge in [-0.15, -0.1) is 0 Å². The first kappa shape index (κ1) is 20.1. The smallest absolute Gasteiger partial charge is 0.253 e. The zero-order valence-electron chi connectivity index (χ0n) is 17.1. The summed E-state index contributed by atoms with van der Waals surface area (Å²) in [6.45, 7) is 7.29. The minimum atomic E-state index is -0.969. The summed E-state index contributed by atoms with van der Waals surface area (Å²) >= 11 is 6.35. The van der Waals surface area contributed by atoms with Crippen molar-refractivity contribution in [1.82, 2.24) is 24.5 Å². The van der Waals surface area contributed by atoms with E-state index in [1.54, 1.807) is 40.4 Å². The van der Waals surface area contributed by atoms with Crippen LogP contribution in [0.1, 0.15) is 27.7 Å². The van der Waals surface area contributed by atoms with E-state index in [4.69, 9.17) is 17.3 Å². The van der Waals surface area contributed by atoms with Crippen LogP contribution in [-0.4, -0.2) is 54.4 Å². The van der Waals surface area contributed by atoms with Crippen LogP contribution in [0.15, 0.2) is 30.7 Å². The van der Waals surface area contributed by atoms with E-state index in [1.165, 1.54) is 13.3 Å². The molecule has 0 radical (unpaired) electrons. The second kappa shape index (κ2) is 6.94. The molecule has 10 heteroatoms. The summed E-state index contributed by atoms with van der Waals surface area (Å²) in [5.74, 6) is 0.453. The molecule has 1 atom stereocenters. The molecular weight excluding hydrogens is 406 g/mol. The molecule has 4 rings (SSSR count). The van der Waals surface area contributed by atoms with Gasteiger partial charge in [0.1, 0.15) is 23.2 Å². The summed E-state index contributed by atoms with van der Waals surface area (Å²) in [6, 6.07) is 5.14. The molecule has 1 aliphatic heterocycles. The molecule has 0 aliphatic carbocycles. The minimum absolute atomic E-state index is 0.131. The summed E-state index contributed by atoms with van der Waals surface area (Å²) in [5.41, 5.74) is 6.97. The Morgan fingerprint density at radius 2 is 2.03 bits per heavy atom. The number of rotatable bonds is 2. The first-order chi connectivity index (χ1) is 14.1. The van der Waals surface area contributed by atoms with Crippen molar-refractivity contribution in [3.05, 3.63) is 35.7 Å². The van der Waals surface area contributed by atoms with Gasteiger partial charge < -0.3 is 10.6 Å². The van der Waals surface area contributed by atoms with Crippen molar-refractivity contribution >= 4 is 40.6 Å². The number of carbonyl (C=O) groups is 2. The molecule has 9 nitrogen and oxygen atoms in total. The Hall–Kier alpha value is -3.20. The highest BCUT2D eigenvalue weighted by molar-refractivity contribution is 6.35. The zero-order valence-corrected chi connectivity index (χ0v) is 17.9. The molecule has 1 aliphatic rings. The second-order valence-corrected chi connectivity index (χ2v) is 8.31. The Labute approximate surface area is 178 Å². The van der Waals surface area contributed by atoms with Gasteiger partial charge in [0.25, 0.3) is 5.91 Å². The van der Waals surface area contributed by atoms with Crippen LogP contribution in [0.2, 0.25) is 5.02 Å². The van der Waals surface area contributed by atoms with Crippen LogP contribution < -0.4 is 10.6 Å². The van der Waals surface area contributed by atoms with Crippen molar-refractivity contribution in [2.45, 2.75) is 39.3 Å². The fourth-order valence-electron chi connectivity index (χ4n) is 3.97. The van der Waals surface area contributed by atoms with E-state index in [0.717, 1.165) is 5.56 Å². The normalized spacial score (nSPS) is 18.8. The van der Waals surface area contributed by atoms with E-state index in [9.17, 15) is 9.59 Å². The topological polar surface area (TPSA) is 110 Å². The zero-order chi connectivity index (χ0) is 21.8. The highest BCUT2D eigenvalue weighted by Crippen LogP contribution is 2.34. The Morgan fingerprint density at radius 3 is 2.73 bits per heavy atom. The lowest BCUT2D eigenvalue weighted by atomic mass is 9.94. The van der Waals surface area contributed by atoms with Crippen LogP contribution in [0.4, 0.5) is 11.6 Å². The average Bonchev–Trinajstić information content (AvgIpc) is 3.03. The molecule has 0 saturated carbocycles. The van der Waals surface area contributed by atoms with Gasteiger partial charge in [-0.1, -0.05) is 11.6 Å². The van der Waals surface area contributed by atoms with Crippen LogP contribution in [0, 0.1) is 0 Å². The lowest BCUT2D eigenvalue weighted by molar-refractivity contribution is -0.146. The number of nitrogens with two attached hydrogens (primary N) is 1. The number of nitrogen functional groups attached to an aromatic ring is 1. The number of amides is 2. The number of pyridine rings is 1. The Kier molecular flexibility index (Phi) is 4.65. The van der Waals surface area contributed by atoms with Crippen molar-refractivity contribution in [1.29, 1.82) is 0 Å². The fourth-order valence-corrected chi connectivity index (χ4v) is 4.25. The Balaban J connectivity index is 1.79. The van der Waals surface area contributed by atoms with Crippen LogP contribution >= 0.6 is 11.6 Å². The van der Waals surface area contributed by atoms with E-state index in [1.807, 2.05) is 19.1 Å². The van der Waals surface area contributed by atoms with Crippen molar-refractivity contribution in [2.75, 3.05) is 17.2 Å². The van der Waals surface area contributed by atoms with Crippen molar-refractivity contribution in [3.8, 4) is 11.3 Å². The highest BCUT2D eigenvalue weighted by atomic mass is 35.5. The number of hydrogen-bond acceptors (Lipinski definition) is 6. The standard InChI is InChI=1S/C20H22ClN7O2/c1-11-9-26(12(2)29)20(3,4)19(30)27(11)16-7-13(5-6-23-16)15-8-14(21)17-18(22)24-10-25-28(15)17/h5-8,10-11H,9H2,1-4H3,(H2,22,24,25). The van der Waals surface area contributed by atoms with Gasteiger partial charge in [0.2, 0.25) is 5.91 Å². The third kappa shape index (κ3) is 2.97. The lowest BCUT2D eigenvalue weighted by Gasteiger charge is -2.48. The highest BCUT2D eigenvalue weighted by Gasteiger charge is 2.47. The van der Waals surface area contributed by atoms with Crippen molar-refractivity contribution < 1.29 is 9.59 Å². The largest absolute Gasteiger partial charge is 0.382 e. The molecule has 0 aromatic carbocycles. The molecule has 4 heterocycles. The quantitative estimate of drug-likeness (QED) is 0.672. The number of halogens is 1. The molecule has 156 valence electrons. The van der Waals surface area contributed by atoms with E-state index in [-0.39, 0.29) is 23.7 Å². The summed E-state index contributed by atoms with van der Waals surface area (Å²) in [4.78, 5) is 37.0. The van der Waals surface area contributed by atoms with E-state index in [2.05, 4.69) is 15.1 Å². The molecule has 2 N–H and O–H groups in total. The number of piperazine rings is 1. The van der Waals surface area contributed by atoms with Gasteiger partial charge in [0.05, 0.1) is 16.8 Å². The van der Waals surface area contributed by atoms with Gasteiger partial charge in [-0.2, -0.15) is 5.10 Å². The first-order valence-corrected chi connectivity index (χ1v) is 9.86. The molecule has 1 fully saturated rings. The van der Waals surface area contributed by atoms with Crippen molar-refractivity contribution in [3.63, 3.8) is 0 Å².